The van der Waals surface area contributed by atoms with Crippen molar-refractivity contribution in [1.82, 2.24) is 0 Å². The Bertz CT molecular complexity index is 918. The topological polar surface area (TPSA) is 210 Å². The lowest BCUT2D eigenvalue weighted by molar-refractivity contribution is 0.0675. The number of nitrogen functional groups attached to an aromatic ring is 2. The Morgan fingerprint density at radius 1 is 0.593 bits per heavy atom. The summed E-state index contributed by atoms with van der Waals surface area (Å²) in [5, 5.41) is 36.7. The molecule has 0 atom stereocenters. The van der Waals surface area contributed by atoms with Gasteiger partial charge >= 0.3 is 23.9 Å². The van der Waals surface area contributed by atoms with Crippen molar-refractivity contribution in [1.29, 1.82) is 0 Å². The molecule has 0 heterocycles. The number of carbonyl (C=O) groups is 4. The molecule has 0 radical (unpaired) electrons. The van der Waals surface area contributed by atoms with E-state index >= 15 is 0 Å². The Labute approximate surface area is 150 Å². The lowest BCUT2D eigenvalue weighted by atomic mass is 10.1. The van der Waals surface area contributed by atoms with Gasteiger partial charge in [-0.2, -0.15) is 0 Å². The summed E-state index contributed by atoms with van der Waals surface area (Å²) in [6, 6.07) is 3.25. The molecule has 0 aliphatic rings. The van der Waals surface area contributed by atoms with Gasteiger partial charge in [0.05, 0.1) is 11.1 Å². The molecular formula is C16H12N2O9. The molecule has 2 aromatic rings. The van der Waals surface area contributed by atoms with Crippen molar-refractivity contribution in [2.45, 2.75) is 0 Å². The molecule has 2 aromatic carbocycles. The number of ether oxygens (including phenoxy) is 1. The smallest absolute Gasteiger partial charge is 0.339 e. The van der Waals surface area contributed by atoms with Crippen LogP contribution in [0.5, 0.6) is 11.5 Å². The predicted octanol–water partition coefficient (Wildman–Crippen LogP) is 1.44. The van der Waals surface area contributed by atoms with Crippen molar-refractivity contribution in [2.24, 2.45) is 0 Å². The van der Waals surface area contributed by atoms with Crippen LogP contribution in [0.3, 0.4) is 0 Å². The normalized spacial score (nSPS) is 10.2. The number of aromatic carboxylic acids is 4. The lowest BCUT2D eigenvalue weighted by Gasteiger charge is -2.14. The Morgan fingerprint density at radius 2 is 0.889 bits per heavy atom. The van der Waals surface area contributed by atoms with Crippen LogP contribution in [0.15, 0.2) is 24.3 Å². The summed E-state index contributed by atoms with van der Waals surface area (Å²) in [7, 11) is 0. The zero-order chi connectivity index (χ0) is 20.5. The van der Waals surface area contributed by atoms with E-state index in [1.54, 1.807) is 0 Å². The quantitative estimate of drug-likeness (QED) is 0.397. The standard InChI is InChI=1S/C16H12N2O9/c17-9-1-7(15(23)24)11(3-5(9)13(19)20)27-12-4-6(14(21)22)10(18)2-8(12)16(25)26/h1-4H,17-18H2,(H,19,20)(H,21,22)(H,23,24)(H,25,26). The molecule has 0 spiro atoms. The molecule has 0 bridgehead atoms. The molecular weight excluding hydrogens is 364 g/mol. The lowest BCUT2D eigenvalue weighted by Crippen LogP contribution is -2.10. The maximum absolute atomic E-state index is 11.4. The van der Waals surface area contributed by atoms with Crippen molar-refractivity contribution in [2.75, 3.05) is 11.5 Å². The number of carboxylic acids is 4. The Kier molecular flexibility index (Phi) is 4.88. The van der Waals surface area contributed by atoms with Crippen molar-refractivity contribution in [3.63, 3.8) is 0 Å². The molecule has 0 unspecified atom stereocenters. The average Bonchev–Trinajstić information content (AvgIpc) is 2.56. The minimum Gasteiger partial charge on any atom is -0.478 e. The number of hydrogen-bond donors (Lipinski definition) is 6. The van der Waals surface area contributed by atoms with Gasteiger partial charge in [-0.05, 0) is 24.3 Å². The molecule has 0 saturated heterocycles. The molecule has 27 heavy (non-hydrogen) atoms. The summed E-state index contributed by atoms with van der Waals surface area (Å²) in [6.45, 7) is 0. The van der Waals surface area contributed by atoms with Gasteiger partial charge in [-0.15, -0.1) is 0 Å². The Morgan fingerprint density at radius 3 is 1.15 bits per heavy atom. The van der Waals surface area contributed by atoms with Crippen LogP contribution in [0.2, 0.25) is 0 Å². The summed E-state index contributed by atoms with van der Waals surface area (Å²) in [4.78, 5) is 45.2. The number of benzene rings is 2. The van der Waals surface area contributed by atoms with E-state index < -0.39 is 57.6 Å². The third-order valence-corrected chi connectivity index (χ3v) is 3.45. The predicted molar refractivity (Wildman–Crippen MR) is 89.6 cm³/mol. The van der Waals surface area contributed by atoms with E-state index in [1.165, 1.54) is 0 Å². The maximum atomic E-state index is 11.4. The van der Waals surface area contributed by atoms with Crippen LogP contribution in [0, 0.1) is 0 Å². The molecule has 8 N–H and O–H groups in total. The monoisotopic (exact) mass is 376 g/mol. The first kappa shape index (κ1) is 19.1. The third kappa shape index (κ3) is 3.71. The van der Waals surface area contributed by atoms with Crippen molar-refractivity contribution < 1.29 is 44.3 Å². The van der Waals surface area contributed by atoms with Gasteiger partial charge in [0.1, 0.15) is 22.6 Å². The van der Waals surface area contributed by atoms with Gasteiger partial charge in [-0.25, -0.2) is 19.2 Å². The highest BCUT2D eigenvalue weighted by molar-refractivity contribution is 6.01. The third-order valence-electron chi connectivity index (χ3n) is 3.45. The van der Waals surface area contributed by atoms with Crippen LogP contribution in [0.25, 0.3) is 0 Å². The highest BCUT2D eigenvalue weighted by Crippen LogP contribution is 2.34. The number of rotatable bonds is 6. The summed E-state index contributed by atoms with van der Waals surface area (Å²) < 4.78 is 5.26. The number of anilines is 2. The Hall–Kier alpha value is -4.28. The summed E-state index contributed by atoms with van der Waals surface area (Å²) in [6.07, 6.45) is 0. The summed E-state index contributed by atoms with van der Waals surface area (Å²) in [5.41, 5.74) is 8.21. The van der Waals surface area contributed by atoms with E-state index in [9.17, 15) is 29.4 Å². The molecule has 0 aliphatic carbocycles. The van der Waals surface area contributed by atoms with Crippen molar-refractivity contribution in [3.8, 4) is 11.5 Å². The molecule has 11 heteroatoms. The zero-order valence-electron chi connectivity index (χ0n) is 13.3. The number of hydrogen-bond acceptors (Lipinski definition) is 7. The highest BCUT2D eigenvalue weighted by Gasteiger charge is 2.23. The molecule has 2 rings (SSSR count). The minimum absolute atomic E-state index is 0.353. The van der Waals surface area contributed by atoms with Crippen molar-refractivity contribution >= 4 is 35.3 Å². The van der Waals surface area contributed by atoms with E-state index in [-0.39, 0.29) is 11.4 Å². The van der Waals surface area contributed by atoms with E-state index in [4.69, 9.17) is 26.4 Å². The van der Waals surface area contributed by atoms with Gasteiger partial charge in [-0.1, -0.05) is 0 Å². The van der Waals surface area contributed by atoms with Gasteiger partial charge in [0.25, 0.3) is 0 Å². The number of nitrogens with two attached hydrogens (primary N) is 2. The summed E-state index contributed by atoms with van der Waals surface area (Å²) >= 11 is 0. The summed E-state index contributed by atoms with van der Waals surface area (Å²) in [5.74, 6) is -7.10. The molecule has 11 nitrogen and oxygen atoms in total. The highest BCUT2D eigenvalue weighted by atomic mass is 16.5. The average molecular weight is 376 g/mol. The minimum atomic E-state index is -1.53. The fourth-order valence-electron chi connectivity index (χ4n) is 2.19. The van der Waals surface area contributed by atoms with Crippen LogP contribution in [0.4, 0.5) is 11.4 Å². The van der Waals surface area contributed by atoms with Crippen LogP contribution in [-0.2, 0) is 0 Å². The molecule has 140 valence electrons. The number of carboxylic acid groups (broad SMARTS) is 4. The zero-order valence-corrected chi connectivity index (χ0v) is 13.3. The Balaban J connectivity index is 2.71. The molecule has 0 aromatic heterocycles. The van der Waals surface area contributed by atoms with Gasteiger partial charge in [-0.3, -0.25) is 0 Å². The largest absolute Gasteiger partial charge is 0.478 e. The molecule has 0 saturated carbocycles. The van der Waals surface area contributed by atoms with Gasteiger partial charge in [0.2, 0.25) is 0 Å². The second-order valence-corrected chi connectivity index (χ2v) is 5.19. The van der Waals surface area contributed by atoms with Gasteiger partial charge in [0.15, 0.2) is 0 Å². The first-order chi connectivity index (χ1) is 12.5. The maximum Gasteiger partial charge on any atom is 0.339 e. The fraction of sp³-hybridized carbons (Fsp3) is 0. The van der Waals surface area contributed by atoms with E-state index in [2.05, 4.69) is 0 Å². The van der Waals surface area contributed by atoms with Gasteiger partial charge in [0, 0.05) is 11.4 Å². The second-order valence-electron chi connectivity index (χ2n) is 5.19. The van der Waals surface area contributed by atoms with Crippen molar-refractivity contribution in [3.05, 3.63) is 46.5 Å². The fourth-order valence-corrected chi connectivity index (χ4v) is 2.19. The molecule has 0 amide bonds. The molecule has 0 fully saturated rings. The first-order valence-electron chi connectivity index (χ1n) is 7.01. The molecule has 0 aliphatic heterocycles. The van der Waals surface area contributed by atoms with Crippen LogP contribution >= 0.6 is 0 Å². The SMILES string of the molecule is Nc1cc(C(=O)O)c(Oc2cc(C(=O)O)c(N)cc2C(=O)O)cc1C(=O)O. The first-order valence-corrected chi connectivity index (χ1v) is 7.01. The second kappa shape index (κ2) is 6.92. The van der Waals surface area contributed by atoms with Crippen LogP contribution < -0.4 is 16.2 Å². The van der Waals surface area contributed by atoms with Gasteiger partial charge < -0.3 is 36.6 Å². The van der Waals surface area contributed by atoms with E-state index in [0.29, 0.717) is 0 Å². The van der Waals surface area contributed by atoms with Crippen LogP contribution in [0.1, 0.15) is 41.4 Å². The van der Waals surface area contributed by atoms with E-state index in [1.807, 2.05) is 0 Å². The van der Waals surface area contributed by atoms with E-state index in [0.717, 1.165) is 24.3 Å². The van der Waals surface area contributed by atoms with Crippen LogP contribution in [-0.4, -0.2) is 44.3 Å².